The zero-order valence-electron chi connectivity index (χ0n) is 18.3. The van der Waals surface area contributed by atoms with Crippen molar-refractivity contribution in [2.24, 2.45) is 0 Å². The summed E-state index contributed by atoms with van der Waals surface area (Å²) in [4.78, 5) is 20.5. The Bertz CT molecular complexity index is 1160. The molecule has 0 aliphatic carbocycles. The van der Waals surface area contributed by atoms with E-state index in [4.69, 9.17) is 13.9 Å². The minimum absolute atomic E-state index is 0.00498. The lowest BCUT2D eigenvalue weighted by molar-refractivity contribution is -0.133. The van der Waals surface area contributed by atoms with Crippen LogP contribution < -0.4 is 14.4 Å². The molecule has 2 heterocycles. The number of amides is 1. The van der Waals surface area contributed by atoms with Gasteiger partial charge in [0.05, 0.1) is 7.11 Å². The number of nitrogens with zero attached hydrogens (tertiary/aromatic N) is 4. The van der Waals surface area contributed by atoms with E-state index in [9.17, 15) is 10.1 Å². The van der Waals surface area contributed by atoms with Gasteiger partial charge in [0, 0.05) is 32.3 Å². The monoisotopic (exact) mass is 444 g/mol. The number of nitriles is 1. The predicted molar refractivity (Wildman–Crippen MR) is 124 cm³/mol. The average Bonchev–Trinajstić information content (AvgIpc) is 3.30. The van der Waals surface area contributed by atoms with Crippen molar-refractivity contribution in [2.45, 2.75) is 0 Å². The fourth-order valence-corrected chi connectivity index (χ4v) is 3.51. The molecule has 0 N–H and O–H groups in total. The topological polar surface area (TPSA) is 91.8 Å². The number of methoxy groups -OCH3 is 1. The van der Waals surface area contributed by atoms with E-state index in [1.165, 1.54) is 0 Å². The van der Waals surface area contributed by atoms with Gasteiger partial charge in [0.1, 0.15) is 17.6 Å². The van der Waals surface area contributed by atoms with E-state index in [2.05, 4.69) is 11.1 Å². The number of hydrogen-bond acceptors (Lipinski definition) is 7. The van der Waals surface area contributed by atoms with Crippen LogP contribution in [0, 0.1) is 11.3 Å². The van der Waals surface area contributed by atoms with E-state index in [0.717, 1.165) is 11.3 Å². The van der Waals surface area contributed by atoms with Crippen molar-refractivity contribution in [1.29, 1.82) is 5.26 Å². The Labute approximate surface area is 192 Å². The molecule has 33 heavy (non-hydrogen) atoms. The van der Waals surface area contributed by atoms with Crippen molar-refractivity contribution in [1.82, 2.24) is 9.88 Å². The van der Waals surface area contributed by atoms with Crippen LogP contribution in [-0.2, 0) is 4.79 Å². The van der Waals surface area contributed by atoms with Gasteiger partial charge >= 0.3 is 0 Å². The van der Waals surface area contributed by atoms with Gasteiger partial charge in [0.2, 0.25) is 17.5 Å². The Kier molecular flexibility index (Phi) is 6.90. The van der Waals surface area contributed by atoms with Gasteiger partial charge in [-0.3, -0.25) is 4.79 Å². The minimum Gasteiger partial charge on any atom is -0.497 e. The van der Waals surface area contributed by atoms with Crippen molar-refractivity contribution in [3.8, 4) is 17.6 Å². The molecule has 3 aromatic rings. The standard InChI is InChI=1S/C25H24N4O4/c1-31-21-9-5-6-19(16-21)10-11-23-27-22(17-26)25(33-23)29-14-12-28(13-15-29)24(30)18-32-20-7-3-2-4-8-20/h2-11,16H,12-15,18H2,1H3/b11-10+. The van der Waals surface area contributed by atoms with Crippen molar-refractivity contribution in [2.75, 3.05) is 44.8 Å². The van der Waals surface area contributed by atoms with Crippen LogP contribution in [-0.4, -0.2) is 55.7 Å². The normalized spacial score (nSPS) is 13.7. The molecule has 0 saturated carbocycles. The number of para-hydroxylation sites is 1. The first-order valence-electron chi connectivity index (χ1n) is 10.6. The molecule has 168 valence electrons. The first kappa shape index (κ1) is 22.0. The lowest BCUT2D eigenvalue weighted by Crippen LogP contribution is -2.50. The first-order valence-corrected chi connectivity index (χ1v) is 10.6. The largest absolute Gasteiger partial charge is 0.497 e. The van der Waals surface area contributed by atoms with Crippen LogP contribution in [0.15, 0.2) is 59.0 Å². The molecule has 0 atom stereocenters. The zero-order valence-corrected chi connectivity index (χ0v) is 18.3. The number of aromatic nitrogens is 1. The van der Waals surface area contributed by atoms with E-state index in [1.54, 1.807) is 18.1 Å². The second kappa shape index (κ2) is 10.4. The molecule has 0 unspecified atom stereocenters. The number of oxazole rings is 1. The fourth-order valence-electron chi connectivity index (χ4n) is 3.51. The molecule has 1 amide bonds. The molecule has 2 aromatic carbocycles. The SMILES string of the molecule is COc1cccc(/C=C/c2nc(C#N)c(N3CCN(C(=O)COc4ccccc4)CC3)o2)c1. The van der Waals surface area contributed by atoms with Crippen LogP contribution in [0.3, 0.4) is 0 Å². The second-order valence-corrected chi connectivity index (χ2v) is 7.40. The maximum atomic E-state index is 12.5. The lowest BCUT2D eigenvalue weighted by Gasteiger charge is -2.34. The highest BCUT2D eigenvalue weighted by Gasteiger charge is 2.26. The number of piperazine rings is 1. The van der Waals surface area contributed by atoms with Gasteiger partial charge in [0.25, 0.3) is 5.91 Å². The van der Waals surface area contributed by atoms with E-state index >= 15 is 0 Å². The highest BCUT2D eigenvalue weighted by molar-refractivity contribution is 5.78. The molecule has 1 aromatic heterocycles. The number of anilines is 1. The number of benzene rings is 2. The Morgan fingerprint density at radius 2 is 1.85 bits per heavy atom. The maximum absolute atomic E-state index is 12.5. The molecule has 8 heteroatoms. The molecular formula is C25H24N4O4. The van der Waals surface area contributed by atoms with E-state index in [-0.39, 0.29) is 18.2 Å². The Morgan fingerprint density at radius 3 is 2.58 bits per heavy atom. The molecule has 0 spiro atoms. The molecule has 1 fully saturated rings. The molecular weight excluding hydrogens is 420 g/mol. The third kappa shape index (κ3) is 5.52. The summed E-state index contributed by atoms with van der Waals surface area (Å²) in [5.74, 6) is 2.12. The van der Waals surface area contributed by atoms with Crippen LogP contribution in [0.1, 0.15) is 17.1 Å². The molecule has 1 saturated heterocycles. The number of hydrogen-bond donors (Lipinski definition) is 0. The quantitative estimate of drug-likeness (QED) is 0.551. The molecule has 0 radical (unpaired) electrons. The minimum atomic E-state index is -0.0708. The van der Waals surface area contributed by atoms with Crippen LogP contribution in [0.2, 0.25) is 0 Å². The summed E-state index contributed by atoms with van der Waals surface area (Å²) in [5, 5.41) is 9.51. The number of carbonyl (C=O) groups is 1. The summed E-state index contributed by atoms with van der Waals surface area (Å²) in [5.41, 5.74) is 1.16. The summed E-state index contributed by atoms with van der Waals surface area (Å²) in [6.45, 7) is 2.10. The average molecular weight is 444 g/mol. The molecule has 4 rings (SSSR count). The van der Waals surface area contributed by atoms with Crippen LogP contribution in [0.25, 0.3) is 12.2 Å². The predicted octanol–water partition coefficient (Wildman–Crippen LogP) is 3.45. The highest BCUT2D eigenvalue weighted by Crippen LogP contribution is 2.24. The maximum Gasteiger partial charge on any atom is 0.260 e. The molecule has 1 aliphatic heterocycles. The van der Waals surface area contributed by atoms with Crippen LogP contribution >= 0.6 is 0 Å². The highest BCUT2D eigenvalue weighted by atomic mass is 16.5. The fraction of sp³-hybridized carbons (Fsp3) is 0.240. The van der Waals surface area contributed by atoms with Crippen LogP contribution in [0.5, 0.6) is 11.5 Å². The summed E-state index contributed by atoms with van der Waals surface area (Å²) < 4.78 is 16.7. The molecule has 1 aliphatic rings. The van der Waals surface area contributed by atoms with Gasteiger partial charge in [-0.1, -0.05) is 30.3 Å². The summed E-state index contributed by atoms with van der Waals surface area (Å²) in [6, 6.07) is 19.0. The van der Waals surface area contributed by atoms with Crippen molar-refractivity contribution < 1.29 is 18.7 Å². The molecule has 0 bridgehead atoms. The number of ether oxygens (including phenoxy) is 2. The van der Waals surface area contributed by atoms with Gasteiger partial charge in [-0.2, -0.15) is 10.2 Å². The summed E-state index contributed by atoms with van der Waals surface area (Å²) in [6.07, 6.45) is 3.57. The van der Waals surface area contributed by atoms with E-state index < -0.39 is 0 Å². The third-order valence-electron chi connectivity index (χ3n) is 5.27. The van der Waals surface area contributed by atoms with E-state index in [1.807, 2.05) is 65.6 Å². The van der Waals surface area contributed by atoms with Gasteiger partial charge in [-0.25, -0.2) is 0 Å². The van der Waals surface area contributed by atoms with Crippen molar-refractivity contribution >= 4 is 23.9 Å². The smallest absolute Gasteiger partial charge is 0.260 e. The second-order valence-electron chi connectivity index (χ2n) is 7.40. The Hall–Kier alpha value is -4.25. The van der Waals surface area contributed by atoms with E-state index in [0.29, 0.717) is 43.7 Å². The zero-order chi connectivity index (χ0) is 23.0. The van der Waals surface area contributed by atoms with Gasteiger partial charge in [-0.15, -0.1) is 0 Å². The van der Waals surface area contributed by atoms with Crippen molar-refractivity contribution in [3.63, 3.8) is 0 Å². The number of carbonyl (C=O) groups excluding carboxylic acids is 1. The van der Waals surface area contributed by atoms with Gasteiger partial charge in [-0.05, 0) is 35.9 Å². The van der Waals surface area contributed by atoms with Gasteiger partial charge in [0.15, 0.2) is 6.61 Å². The van der Waals surface area contributed by atoms with Gasteiger partial charge < -0.3 is 23.7 Å². The Balaban J connectivity index is 1.36. The first-order chi connectivity index (χ1) is 16.2. The summed E-state index contributed by atoms with van der Waals surface area (Å²) in [7, 11) is 1.62. The lowest BCUT2D eigenvalue weighted by atomic mass is 10.2. The Morgan fingerprint density at radius 1 is 1.09 bits per heavy atom. The van der Waals surface area contributed by atoms with Crippen LogP contribution in [0.4, 0.5) is 5.88 Å². The third-order valence-corrected chi connectivity index (χ3v) is 5.27. The van der Waals surface area contributed by atoms with Crippen molar-refractivity contribution in [3.05, 3.63) is 71.7 Å². The summed E-state index contributed by atoms with van der Waals surface area (Å²) >= 11 is 0. The molecule has 8 nitrogen and oxygen atoms in total. The number of rotatable bonds is 7.